The van der Waals surface area contributed by atoms with Crippen molar-refractivity contribution in [3.05, 3.63) is 60.3 Å². The molecule has 0 unspecified atom stereocenters. The molecule has 0 aliphatic carbocycles. The first-order chi connectivity index (χ1) is 9.31. The molecule has 2 heteroatoms. The second kappa shape index (κ2) is 4.73. The molecule has 0 fully saturated rings. The zero-order valence-corrected chi connectivity index (χ0v) is 10.8. The molecule has 2 aromatic carbocycles. The minimum absolute atomic E-state index is 0.181. The number of hydrogen-bond donors (Lipinski definition) is 1. The SMILES string of the molecule is CCC(=O)c1ccccc1-c1c[nH]c2ccccc12. The Morgan fingerprint density at radius 3 is 2.58 bits per heavy atom. The number of nitrogens with one attached hydrogen (secondary N) is 1. The van der Waals surface area contributed by atoms with E-state index in [1.807, 2.05) is 55.6 Å². The quantitative estimate of drug-likeness (QED) is 0.684. The Morgan fingerprint density at radius 1 is 1.00 bits per heavy atom. The normalized spacial score (nSPS) is 10.8. The van der Waals surface area contributed by atoms with Crippen molar-refractivity contribution < 1.29 is 4.79 Å². The first kappa shape index (κ1) is 11.7. The molecule has 2 nitrogen and oxygen atoms in total. The summed E-state index contributed by atoms with van der Waals surface area (Å²) in [5.41, 5.74) is 3.99. The summed E-state index contributed by atoms with van der Waals surface area (Å²) in [5.74, 6) is 0.181. The van der Waals surface area contributed by atoms with Crippen LogP contribution in [-0.4, -0.2) is 10.8 Å². The van der Waals surface area contributed by atoms with Crippen molar-refractivity contribution in [3.63, 3.8) is 0 Å². The van der Waals surface area contributed by atoms with Crippen LogP contribution in [0.4, 0.5) is 0 Å². The Balaban J connectivity index is 2.25. The number of aromatic nitrogens is 1. The molecule has 0 aliphatic heterocycles. The average molecular weight is 249 g/mol. The highest BCUT2D eigenvalue weighted by molar-refractivity contribution is 6.06. The summed E-state index contributed by atoms with van der Waals surface area (Å²) in [6.45, 7) is 1.90. The lowest BCUT2D eigenvalue weighted by atomic mass is 9.96. The number of H-pyrrole nitrogens is 1. The molecule has 0 amide bonds. The van der Waals surface area contributed by atoms with E-state index in [9.17, 15) is 4.79 Å². The molecule has 0 spiro atoms. The Kier molecular flexibility index (Phi) is 2.92. The lowest BCUT2D eigenvalue weighted by Gasteiger charge is -2.06. The van der Waals surface area contributed by atoms with E-state index < -0.39 is 0 Å². The fraction of sp³-hybridized carbons (Fsp3) is 0.118. The molecule has 0 atom stereocenters. The monoisotopic (exact) mass is 249 g/mol. The predicted molar refractivity (Wildman–Crippen MR) is 78.4 cm³/mol. The molecule has 0 saturated carbocycles. The minimum Gasteiger partial charge on any atom is -0.361 e. The molecule has 1 aromatic heterocycles. The van der Waals surface area contributed by atoms with Crippen molar-refractivity contribution in [1.29, 1.82) is 0 Å². The van der Waals surface area contributed by atoms with Gasteiger partial charge in [0, 0.05) is 34.6 Å². The maximum absolute atomic E-state index is 12.1. The van der Waals surface area contributed by atoms with Crippen LogP contribution in [-0.2, 0) is 0 Å². The van der Waals surface area contributed by atoms with E-state index in [0.29, 0.717) is 6.42 Å². The summed E-state index contributed by atoms with van der Waals surface area (Å²) in [5, 5.41) is 1.15. The van der Waals surface area contributed by atoms with Crippen LogP contribution >= 0.6 is 0 Å². The van der Waals surface area contributed by atoms with Gasteiger partial charge in [-0.15, -0.1) is 0 Å². The average Bonchev–Trinajstić information content (AvgIpc) is 2.90. The molecule has 94 valence electrons. The van der Waals surface area contributed by atoms with Crippen LogP contribution < -0.4 is 0 Å². The number of carbonyl (C=O) groups is 1. The Labute approximate surface area is 112 Å². The second-order valence-corrected chi connectivity index (χ2v) is 4.57. The number of rotatable bonds is 3. The predicted octanol–water partition coefficient (Wildman–Crippen LogP) is 4.43. The number of Topliss-reactive ketones (excluding diaryl/α,β-unsaturated/α-hetero) is 1. The van der Waals surface area contributed by atoms with Gasteiger partial charge in [-0.3, -0.25) is 4.79 Å². The second-order valence-electron chi connectivity index (χ2n) is 4.57. The third kappa shape index (κ3) is 1.95. The van der Waals surface area contributed by atoms with Crippen molar-refractivity contribution >= 4 is 16.7 Å². The lowest BCUT2D eigenvalue weighted by Crippen LogP contribution is -1.98. The Morgan fingerprint density at radius 2 is 1.74 bits per heavy atom. The zero-order valence-electron chi connectivity index (χ0n) is 10.8. The van der Waals surface area contributed by atoms with Gasteiger partial charge in [0.15, 0.2) is 5.78 Å². The van der Waals surface area contributed by atoms with Crippen molar-refractivity contribution in [2.75, 3.05) is 0 Å². The maximum atomic E-state index is 12.1. The minimum atomic E-state index is 0.181. The summed E-state index contributed by atoms with van der Waals surface area (Å²) in [4.78, 5) is 15.3. The van der Waals surface area contributed by atoms with Gasteiger partial charge < -0.3 is 4.98 Å². The Hall–Kier alpha value is -2.35. The van der Waals surface area contributed by atoms with Gasteiger partial charge in [-0.25, -0.2) is 0 Å². The van der Waals surface area contributed by atoms with E-state index in [1.54, 1.807) is 0 Å². The van der Waals surface area contributed by atoms with Gasteiger partial charge in [0.1, 0.15) is 0 Å². The van der Waals surface area contributed by atoms with Crippen LogP contribution in [0.3, 0.4) is 0 Å². The van der Waals surface area contributed by atoms with Crippen LogP contribution in [0, 0.1) is 0 Å². The van der Waals surface area contributed by atoms with Crippen molar-refractivity contribution in [2.45, 2.75) is 13.3 Å². The van der Waals surface area contributed by atoms with Gasteiger partial charge in [-0.1, -0.05) is 49.4 Å². The largest absolute Gasteiger partial charge is 0.361 e. The topological polar surface area (TPSA) is 32.9 Å². The van der Waals surface area contributed by atoms with Gasteiger partial charge >= 0.3 is 0 Å². The number of hydrogen-bond acceptors (Lipinski definition) is 1. The van der Waals surface area contributed by atoms with Crippen LogP contribution in [0.5, 0.6) is 0 Å². The zero-order chi connectivity index (χ0) is 13.2. The van der Waals surface area contributed by atoms with Crippen molar-refractivity contribution in [3.8, 4) is 11.1 Å². The lowest BCUT2D eigenvalue weighted by molar-refractivity contribution is 0.0989. The number of fused-ring (bicyclic) bond motifs is 1. The molecule has 0 aliphatic rings. The molecular formula is C17H15NO. The standard InChI is InChI=1S/C17H15NO/c1-2-17(19)14-9-4-3-7-12(14)15-11-18-16-10-6-5-8-13(15)16/h3-11,18H,2H2,1H3. The van der Waals surface area contributed by atoms with E-state index in [4.69, 9.17) is 0 Å². The van der Waals surface area contributed by atoms with E-state index in [2.05, 4.69) is 11.1 Å². The van der Waals surface area contributed by atoms with Crippen molar-refractivity contribution in [1.82, 2.24) is 4.98 Å². The summed E-state index contributed by atoms with van der Waals surface area (Å²) in [7, 11) is 0. The molecule has 1 N–H and O–H groups in total. The van der Waals surface area contributed by atoms with Crippen molar-refractivity contribution in [2.24, 2.45) is 0 Å². The molecule has 0 bridgehead atoms. The molecule has 3 aromatic rings. The van der Waals surface area contributed by atoms with Gasteiger partial charge in [0.2, 0.25) is 0 Å². The Bertz CT molecular complexity index is 740. The summed E-state index contributed by atoms with van der Waals surface area (Å²) in [6.07, 6.45) is 2.51. The highest BCUT2D eigenvalue weighted by Crippen LogP contribution is 2.31. The van der Waals surface area contributed by atoms with E-state index >= 15 is 0 Å². The first-order valence-corrected chi connectivity index (χ1v) is 6.50. The summed E-state index contributed by atoms with van der Waals surface area (Å²) < 4.78 is 0. The highest BCUT2D eigenvalue weighted by atomic mass is 16.1. The highest BCUT2D eigenvalue weighted by Gasteiger charge is 2.13. The van der Waals surface area contributed by atoms with Gasteiger partial charge in [-0.2, -0.15) is 0 Å². The molecule has 19 heavy (non-hydrogen) atoms. The maximum Gasteiger partial charge on any atom is 0.163 e. The summed E-state index contributed by atoms with van der Waals surface area (Å²) >= 11 is 0. The molecule has 3 rings (SSSR count). The van der Waals surface area contributed by atoms with Gasteiger partial charge in [0.05, 0.1) is 0 Å². The van der Waals surface area contributed by atoms with E-state index in [0.717, 1.165) is 27.6 Å². The number of para-hydroxylation sites is 1. The van der Waals surface area contributed by atoms with E-state index in [-0.39, 0.29) is 5.78 Å². The summed E-state index contributed by atoms with van der Waals surface area (Å²) in [6, 6.07) is 16.0. The fourth-order valence-electron chi connectivity index (χ4n) is 2.45. The van der Waals surface area contributed by atoms with Crippen LogP contribution in [0.1, 0.15) is 23.7 Å². The van der Waals surface area contributed by atoms with Gasteiger partial charge in [0.25, 0.3) is 0 Å². The number of carbonyl (C=O) groups excluding carboxylic acids is 1. The molecule has 0 radical (unpaired) electrons. The van der Waals surface area contributed by atoms with Crippen LogP contribution in [0.15, 0.2) is 54.7 Å². The molecular weight excluding hydrogens is 234 g/mol. The number of aromatic amines is 1. The smallest absolute Gasteiger partial charge is 0.163 e. The number of ketones is 1. The van der Waals surface area contributed by atoms with Crippen LogP contribution in [0.2, 0.25) is 0 Å². The van der Waals surface area contributed by atoms with E-state index in [1.165, 1.54) is 0 Å². The molecule has 1 heterocycles. The third-order valence-corrected chi connectivity index (χ3v) is 3.43. The fourth-order valence-corrected chi connectivity index (χ4v) is 2.45. The van der Waals surface area contributed by atoms with Crippen LogP contribution in [0.25, 0.3) is 22.0 Å². The molecule has 0 saturated heterocycles. The number of benzene rings is 2. The first-order valence-electron chi connectivity index (χ1n) is 6.50. The third-order valence-electron chi connectivity index (χ3n) is 3.43. The van der Waals surface area contributed by atoms with Gasteiger partial charge in [-0.05, 0) is 11.6 Å².